The van der Waals surface area contributed by atoms with Gasteiger partial charge in [-0.25, -0.2) is 0 Å². The third-order valence-corrected chi connectivity index (χ3v) is 1.44. The fourth-order valence-electron chi connectivity index (χ4n) is 0.941. The fourth-order valence-corrected chi connectivity index (χ4v) is 0.941. The second kappa shape index (κ2) is 3.12. The minimum absolute atomic E-state index is 0. The van der Waals surface area contributed by atoms with Gasteiger partial charge in [-0.2, -0.15) is 18.6 Å². The number of hydrogen-bond donors (Lipinski definition) is 0. The van der Waals surface area contributed by atoms with E-state index in [0.717, 1.165) is 17.1 Å². The van der Waals surface area contributed by atoms with Crippen molar-refractivity contribution in [3.63, 3.8) is 0 Å². The zero-order valence-electron chi connectivity index (χ0n) is 6.46. The second-order valence-corrected chi connectivity index (χ2v) is 2.19. The van der Waals surface area contributed by atoms with Crippen molar-refractivity contribution in [3.05, 3.63) is 30.7 Å². The van der Waals surface area contributed by atoms with E-state index in [1.165, 1.54) is 0 Å². The number of fused-ring (bicyclic) bond motifs is 1. The zero-order chi connectivity index (χ0) is 6.97. The number of rotatable bonds is 0. The first-order chi connectivity index (χ1) is 4.86. The first-order valence-electron chi connectivity index (χ1n) is 3.08. The van der Waals surface area contributed by atoms with Crippen molar-refractivity contribution in [2.24, 2.45) is 0 Å². The molecule has 1 heterocycles. The van der Waals surface area contributed by atoms with Gasteiger partial charge in [0.2, 0.25) is 6.79 Å². The molecular weight excluding hydrogens is 135 g/mol. The molecule has 0 fully saturated rings. The van der Waals surface area contributed by atoms with Crippen LogP contribution >= 0.6 is 0 Å². The molecule has 0 unspecified atom stereocenters. The van der Waals surface area contributed by atoms with E-state index in [-0.39, 0.29) is 18.9 Å². The average molecular weight is 142 g/mol. The number of ether oxygens (including phenoxy) is 2. The van der Waals surface area contributed by atoms with E-state index in [9.17, 15) is 0 Å². The predicted octanol–water partition coefficient (Wildman–Crippen LogP) is -1.40. The molecule has 0 saturated heterocycles. The Morgan fingerprint density at radius 3 is 2.73 bits per heavy atom. The normalized spacial score (nSPS) is 12.4. The summed E-state index contributed by atoms with van der Waals surface area (Å²) in [6.45, 7) is 4.09. The van der Waals surface area contributed by atoms with Gasteiger partial charge in [0.15, 0.2) is 0 Å². The molecule has 3 heteroatoms. The first-order valence-corrected chi connectivity index (χ1v) is 3.08. The number of benzene rings is 1. The fraction of sp³-hybridized carbons (Fsp3) is 0.125. The largest absolute Gasteiger partial charge is 1.00 e. The summed E-state index contributed by atoms with van der Waals surface area (Å²) in [4.78, 5) is 0. The van der Waals surface area contributed by atoms with E-state index in [1.54, 1.807) is 0 Å². The quantitative estimate of drug-likeness (QED) is 0.327. The molecule has 0 N–H and O–H groups in total. The molecule has 0 radical (unpaired) electrons. The average Bonchev–Trinajstić information content (AvgIpc) is 2.33. The Bertz CT molecular complexity index is 260. The van der Waals surface area contributed by atoms with E-state index in [1.807, 2.05) is 18.2 Å². The van der Waals surface area contributed by atoms with Gasteiger partial charge >= 0.3 is 18.9 Å². The van der Waals surface area contributed by atoms with Crippen molar-refractivity contribution in [2.45, 2.75) is 0 Å². The Morgan fingerprint density at radius 2 is 1.91 bits per heavy atom. The van der Waals surface area contributed by atoms with Gasteiger partial charge in [0.25, 0.3) is 0 Å². The number of hydrogen-bond acceptors (Lipinski definition) is 2. The van der Waals surface area contributed by atoms with Gasteiger partial charge in [-0.15, -0.1) is 6.07 Å². The summed E-state index contributed by atoms with van der Waals surface area (Å²) in [7, 11) is 0. The molecule has 0 spiro atoms. The van der Waals surface area contributed by atoms with Crippen LogP contribution < -0.4 is 28.3 Å². The van der Waals surface area contributed by atoms with Crippen LogP contribution in [0.5, 0.6) is 11.5 Å². The van der Waals surface area contributed by atoms with Crippen molar-refractivity contribution >= 4 is 0 Å². The molecule has 0 aliphatic carbocycles. The molecule has 0 aromatic heterocycles. The van der Waals surface area contributed by atoms with Crippen molar-refractivity contribution in [3.8, 4) is 11.5 Å². The molecule has 1 aliphatic rings. The van der Waals surface area contributed by atoms with Crippen LogP contribution in [0, 0.1) is 6.92 Å². The van der Waals surface area contributed by atoms with Crippen LogP contribution in [0.1, 0.15) is 5.56 Å². The summed E-state index contributed by atoms with van der Waals surface area (Å²) < 4.78 is 10.2. The first kappa shape index (κ1) is 8.38. The standard InChI is InChI=1S/C8H7O2.Li/c1-6-2-3-7-8(4-6)10-5-9-7;/h2-4H,1,5H2;/q-1;+1. The summed E-state index contributed by atoms with van der Waals surface area (Å²) in [6.07, 6.45) is 0. The van der Waals surface area contributed by atoms with Crippen molar-refractivity contribution < 1.29 is 28.3 Å². The molecule has 0 amide bonds. The van der Waals surface area contributed by atoms with E-state index in [4.69, 9.17) is 9.47 Å². The van der Waals surface area contributed by atoms with Crippen molar-refractivity contribution in [1.82, 2.24) is 0 Å². The molecule has 2 nitrogen and oxygen atoms in total. The summed E-state index contributed by atoms with van der Waals surface area (Å²) in [6, 6.07) is 5.63. The van der Waals surface area contributed by atoms with Gasteiger partial charge in [0.1, 0.15) is 11.5 Å². The minimum atomic E-state index is 0. The SMILES string of the molecule is [CH2-]c1ccc2c(c1)OCO2.[Li+]. The smallest absolute Gasteiger partial charge is 0.467 e. The molecule has 0 atom stereocenters. The van der Waals surface area contributed by atoms with Crippen LogP contribution in [0.4, 0.5) is 0 Å². The zero-order valence-corrected chi connectivity index (χ0v) is 6.46. The van der Waals surface area contributed by atoms with Crippen LogP contribution in [0.3, 0.4) is 0 Å². The molecule has 2 rings (SSSR count). The van der Waals surface area contributed by atoms with E-state index in [0.29, 0.717) is 6.79 Å². The molecule has 11 heavy (non-hydrogen) atoms. The van der Waals surface area contributed by atoms with Gasteiger partial charge < -0.3 is 9.47 Å². The van der Waals surface area contributed by atoms with Crippen LogP contribution in [-0.4, -0.2) is 6.79 Å². The monoisotopic (exact) mass is 142 g/mol. The maximum absolute atomic E-state index is 5.12. The topological polar surface area (TPSA) is 18.5 Å². The van der Waals surface area contributed by atoms with E-state index in [2.05, 4.69) is 6.92 Å². The molecule has 0 bridgehead atoms. The Morgan fingerprint density at radius 1 is 1.18 bits per heavy atom. The predicted molar refractivity (Wildman–Crippen MR) is 37.0 cm³/mol. The molecule has 0 saturated carbocycles. The molecule has 52 valence electrons. The van der Waals surface area contributed by atoms with E-state index < -0.39 is 0 Å². The van der Waals surface area contributed by atoms with Gasteiger partial charge in [-0.3, -0.25) is 0 Å². The summed E-state index contributed by atoms with van der Waals surface area (Å²) in [5, 5.41) is 0. The van der Waals surface area contributed by atoms with Crippen molar-refractivity contribution in [2.75, 3.05) is 6.79 Å². The summed E-state index contributed by atoms with van der Waals surface area (Å²) >= 11 is 0. The Hall–Kier alpha value is -0.713. The maximum atomic E-state index is 5.12. The van der Waals surface area contributed by atoms with E-state index >= 15 is 0 Å². The van der Waals surface area contributed by atoms with Crippen LogP contribution in [-0.2, 0) is 0 Å². The molecule has 1 aromatic carbocycles. The second-order valence-electron chi connectivity index (χ2n) is 2.19. The third kappa shape index (κ3) is 1.47. The third-order valence-electron chi connectivity index (χ3n) is 1.44. The maximum Gasteiger partial charge on any atom is 1.00 e. The summed E-state index contributed by atoms with van der Waals surface area (Å²) in [5.74, 6) is 1.61. The summed E-state index contributed by atoms with van der Waals surface area (Å²) in [5.41, 5.74) is 0.948. The Balaban J connectivity index is 0.000000605. The van der Waals surface area contributed by atoms with Crippen LogP contribution in [0.2, 0.25) is 0 Å². The molecule has 1 aromatic rings. The minimum Gasteiger partial charge on any atom is -0.467 e. The molecular formula is C8H7LiO2. The van der Waals surface area contributed by atoms with Gasteiger partial charge in [-0.05, 0) is 0 Å². The van der Waals surface area contributed by atoms with Crippen LogP contribution in [0.15, 0.2) is 18.2 Å². The van der Waals surface area contributed by atoms with Gasteiger partial charge in [-0.1, -0.05) is 6.07 Å². The van der Waals surface area contributed by atoms with Gasteiger partial charge in [0, 0.05) is 0 Å². The Kier molecular flexibility index (Phi) is 2.38. The van der Waals surface area contributed by atoms with Crippen molar-refractivity contribution in [1.29, 1.82) is 0 Å². The molecule has 1 aliphatic heterocycles. The van der Waals surface area contributed by atoms with Gasteiger partial charge in [0.05, 0.1) is 0 Å². The Labute approximate surface area is 77.7 Å². The van der Waals surface area contributed by atoms with Crippen LogP contribution in [0.25, 0.3) is 0 Å².